The fourth-order valence-electron chi connectivity index (χ4n) is 1.68. The Morgan fingerprint density at radius 2 is 2.00 bits per heavy atom. The van der Waals surface area contributed by atoms with Crippen molar-refractivity contribution in [1.82, 2.24) is 0 Å². The lowest BCUT2D eigenvalue weighted by Gasteiger charge is -2.27. The molecule has 0 atom stereocenters. The highest BCUT2D eigenvalue weighted by Crippen LogP contribution is 2.35. The van der Waals surface area contributed by atoms with Gasteiger partial charge in [-0.25, -0.2) is 0 Å². The summed E-state index contributed by atoms with van der Waals surface area (Å²) in [5, 5.41) is 0. The zero-order valence-electron chi connectivity index (χ0n) is 7.91. The van der Waals surface area contributed by atoms with Gasteiger partial charge in [0.1, 0.15) is 0 Å². The Labute approximate surface area is 70.0 Å². The van der Waals surface area contributed by atoms with E-state index in [0.29, 0.717) is 5.41 Å². The van der Waals surface area contributed by atoms with Crippen molar-refractivity contribution >= 4 is 0 Å². The van der Waals surface area contributed by atoms with Crippen LogP contribution in [-0.4, -0.2) is 0 Å². The van der Waals surface area contributed by atoms with Gasteiger partial charge >= 0.3 is 0 Å². The lowest BCUT2D eigenvalue weighted by atomic mass is 9.78. The van der Waals surface area contributed by atoms with Crippen LogP contribution in [0.1, 0.15) is 40.0 Å². The van der Waals surface area contributed by atoms with Gasteiger partial charge in [-0.05, 0) is 30.3 Å². The number of allylic oxidation sites excluding steroid dienone is 3. The van der Waals surface area contributed by atoms with E-state index < -0.39 is 0 Å². The Morgan fingerprint density at radius 3 is 2.36 bits per heavy atom. The Bertz CT molecular complexity index is 189. The summed E-state index contributed by atoms with van der Waals surface area (Å²) in [6.45, 7) is 10.9. The summed E-state index contributed by atoms with van der Waals surface area (Å²) in [4.78, 5) is 0. The largest absolute Gasteiger partial charge is 0.0955 e. The molecule has 0 aliphatic heterocycles. The van der Waals surface area contributed by atoms with Crippen molar-refractivity contribution in [3.8, 4) is 0 Å². The van der Waals surface area contributed by atoms with Crippen molar-refractivity contribution in [1.29, 1.82) is 0 Å². The predicted octanol–water partition coefficient (Wildman–Crippen LogP) is 3.70. The molecule has 1 aliphatic rings. The van der Waals surface area contributed by atoms with Gasteiger partial charge in [-0.2, -0.15) is 0 Å². The van der Waals surface area contributed by atoms with E-state index >= 15 is 0 Å². The molecule has 0 bridgehead atoms. The molecule has 11 heavy (non-hydrogen) atoms. The maximum absolute atomic E-state index is 4.09. The normalized spacial score (nSPS) is 19.9. The summed E-state index contributed by atoms with van der Waals surface area (Å²) in [6.07, 6.45) is 6.08. The van der Waals surface area contributed by atoms with E-state index in [4.69, 9.17) is 0 Å². The number of rotatable bonds is 0. The van der Waals surface area contributed by atoms with Gasteiger partial charge in [-0.1, -0.05) is 39.0 Å². The number of hydrogen-bond donors (Lipinski definition) is 0. The first-order valence-electron chi connectivity index (χ1n) is 4.40. The zero-order valence-corrected chi connectivity index (χ0v) is 7.91. The number of hydrogen-bond acceptors (Lipinski definition) is 0. The lowest BCUT2D eigenvalue weighted by Crippen LogP contribution is -2.13. The Kier molecular flexibility index (Phi) is 2.22. The van der Waals surface area contributed by atoms with Crippen LogP contribution >= 0.6 is 0 Å². The molecular formula is C11H18. The van der Waals surface area contributed by atoms with Crippen molar-refractivity contribution in [3.05, 3.63) is 23.8 Å². The van der Waals surface area contributed by atoms with Crippen LogP contribution in [0.15, 0.2) is 23.8 Å². The fourth-order valence-corrected chi connectivity index (χ4v) is 1.68. The van der Waals surface area contributed by atoms with Crippen molar-refractivity contribution in [3.63, 3.8) is 0 Å². The monoisotopic (exact) mass is 150 g/mol. The third kappa shape index (κ3) is 1.95. The molecule has 0 aromatic rings. The fraction of sp³-hybridized carbons (Fsp3) is 0.636. The van der Waals surface area contributed by atoms with Crippen LogP contribution in [0.25, 0.3) is 0 Å². The highest BCUT2D eigenvalue weighted by Gasteiger charge is 2.20. The van der Waals surface area contributed by atoms with Crippen molar-refractivity contribution in [2.75, 3.05) is 0 Å². The van der Waals surface area contributed by atoms with E-state index in [2.05, 4.69) is 33.4 Å². The van der Waals surface area contributed by atoms with E-state index in [1.807, 2.05) is 0 Å². The van der Waals surface area contributed by atoms with Crippen molar-refractivity contribution < 1.29 is 0 Å². The third-order valence-electron chi connectivity index (χ3n) is 2.22. The Morgan fingerprint density at radius 1 is 1.36 bits per heavy atom. The molecule has 0 heteroatoms. The molecule has 0 fully saturated rings. The van der Waals surface area contributed by atoms with Gasteiger partial charge in [-0.15, -0.1) is 0 Å². The first-order valence-corrected chi connectivity index (χ1v) is 4.40. The molecule has 0 saturated heterocycles. The van der Waals surface area contributed by atoms with Crippen LogP contribution < -0.4 is 0 Å². The summed E-state index contributed by atoms with van der Waals surface area (Å²) in [5.41, 5.74) is 3.13. The second-order valence-corrected chi connectivity index (χ2v) is 4.36. The predicted molar refractivity (Wildman–Crippen MR) is 50.5 cm³/mol. The summed E-state index contributed by atoms with van der Waals surface area (Å²) < 4.78 is 0. The smallest absolute Gasteiger partial charge is 0.0132 e. The standard InChI is InChI=1S/C11H18/c1-9-7-5-6-8-10(9)11(2,3)4/h8H,1,5-7H2,2-4H3. The molecule has 0 heterocycles. The van der Waals surface area contributed by atoms with E-state index in [9.17, 15) is 0 Å². The Hall–Kier alpha value is -0.520. The van der Waals surface area contributed by atoms with Gasteiger partial charge in [0.25, 0.3) is 0 Å². The van der Waals surface area contributed by atoms with Gasteiger partial charge in [0.2, 0.25) is 0 Å². The maximum Gasteiger partial charge on any atom is -0.0132 e. The lowest BCUT2D eigenvalue weighted by molar-refractivity contribution is 0.495. The average molecular weight is 150 g/mol. The summed E-state index contributed by atoms with van der Waals surface area (Å²) in [7, 11) is 0. The molecule has 1 rings (SSSR count). The van der Waals surface area contributed by atoms with E-state index in [1.165, 1.54) is 30.4 Å². The minimum absolute atomic E-state index is 0.303. The highest BCUT2D eigenvalue weighted by atomic mass is 14.3. The first-order chi connectivity index (χ1) is 5.02. The highest BCUT2D eigenvalue weighted by molar-refractivity contribution is 5.34. The van der Waals surface area contributed by atoms with Gasteiger partial charge in [0, 0.05) is 0 Å². The van der Waals surface area contributed by atoms with Gasteiger partial charge < -0.3 is 0 Å². The van der Waals surface area contributed by atoms with Crippen molar-refractivity contribution in [2.45, 2.75) is 40.0 Å². The third-order valence-corrected chi connectivity index (χ3v) is 2.22. The summed E-state index contributed by atoms with van der Waals surface area (Å²) in [6, 6.07) is 0. The van der Waals surface area contributed by atoms with E-state index in [0.717, 1.165) is 0 Å². The molecule has 0 N–H and O–H groups in total. The molecule has 0 amide bonds. The molecule has 0 radical (unpaired) electrons. The molecule has 0 nitrogen and oxygen atoms in total. The second-order valence-electron chi connectivity index (χ2n) is 4.36. The van der Waals surface area contributed by atoms with Crippen molar-refractivity contribution in [2.24, 2.45) is 5.41 Å². The van der Waals surface area contributed by atoms with Crippen LogP contribution in [0.5, 0.6) is 0 Å². The molecule has 1 aliphatic carbocycles. The van der Waals surface area contributed by atoms with Gasteiger partial charge in [-0.3, -0.25) is 0 Å². The van der Waals surface area contributed by atoms with Crippen LogP contribution in [0.3, 0.4) is 0 Å². The second kappa shape index (κ2) is 2.84. The van der Waals surface area contributed by atoms with E-state index in [1.54, 1.807) is 0 Å². The molecule has 62 valence electrons. The molecule has 0 unspecified atom stereocenters. The van der Waals surface area contributed by atoms with Gasteiger partial charge in [0.05, 0.1) is 0 Å². The minimum atomic E-state index is 0.303. The SMILES string of the molecule is C=C1CCCC=C1C(C)(C)C. The van der Waals surface area contributed by atoms with E-state index in [-0.39, 0.29) is 0 Å². The molecular weight excluding hydrogens is 132 g/mol. The topological polar surface area (TPSA) is 0 Å². The van der Waals surface area contributed by atoms with Crippen LogP contribution in [-0.2, 0) is 0 Å². The molecule has 0 aromatic carbocycles. The zero-order chi connectivity index (χ0) is 8.48. The van der Waals surface area contributed by atoms with Crippen LogP contribution in [0, 0.1) is 5.41 Å². The van der Waals surface area contributed by atoms with Gasteiger partial charge in [0.15, 0.2) is 0 Å². The molecule has 0 spiro atoms. The Balaban J connectivity index is 2.85. The van der Waals surface area contributed by atoms with Crippen LogP contribution in [0.4, 0.5) is 0 Å². The minimum Gasteiger partial charge on any atom is -0.0955 e. The quantitative estimate of drug-likeness (QED) is 0.494. The first kappa shape index (κ1) is 8.58. The molecule has 0 saturated carbocycles. The summed E-state index contributed by atoms with van der Waals surface area (Å²) in [5.74, 6) is 0. The molecule has 0 aromatic heterocycles. The van der Waals surface area contributed by atoms with Crippen LogP contribution in [0.2, 0.25) is 0 Å². The average Bonchev–Trinajstić information content (AvgIpc) is 1.86. The summed E-state index contributed by atoms with van der Waals surface area (Å²) >= 11 is 0. The maximum atomic E-state index is 4.09.